The molecule has 1 aromatic carbocycles. The van der Waals surface area contributed by atoms with Crippen LogP contribution in [0.1, 0.15) is 59.2 Å². The number of likely N-dealkylation sites (N-methyl/N-ethyl adjacent to an activating group) is 1. The van der Waals surface area contributed by atoms with E-state index in [1.54, 1.807) is 24.2 Å². The maximum Gasteiger partial charge on any atom is 0.410 e. The third kappa shape index (κ3) is 7.76. The number of primary amides is 1. The number of imide groups is 2. The number of hydrogen-bond acceptors (Lipinski definition) is 14. The zero-order valence-electron chi connectivity index (χ0n) is 33.5. The molecule has 20 heteroatoms. The minimum Gasteiger partial charge on any atom is -0.438 e. The van der Waals surface area contributed by atoms with Gasteiger partial charge in [0.05, 0.1) is 54.5 Å². The Hall–Kier alpha value is -4.76. The number of carbonyl (C=O) groups excluding carboxylic acids is 6. The molecule has 0 radical (unpaired) electrons. The fraction of sp³-hybridized carbons (Fsp3) is 0.692. The van der Waals surface area contributed by atoms with Crippen molar-refractivity contribution >= 4 is 41.3 Å². The zero-order valence-corrected chi connectivity index (χ0v) is 33.5. The highest BCUT2D eigenvalue weighted by atomic mass is 16.6. The van der Waals surface area contributed by atoms with Gasteiger partial charge in [-0.2, -0.15) is 0 Å². The number of fused-ring (bicyclic) bond motifs is 1. The van der Waals surface area contributed by atoms with Gasteiger partial charge in [0.25, 0.3) is 11.8 Å². The Morgan fingerprint density at radius 2 is 1.75 bits per heavy atom. The number of rotatable bonds is 10. The van der Waals surface area contributed by atoms with Crippen LogP contribution in [0.15, 0.2) is 18.2 Å². The molecular weight excluding hydrogens is 765 g/mol. The standard InChI is InChI=1S/C39H54N12O8/c1-45-18-25(19-50(45)58)42-34-32(33(40)53)41-14-30(43-34)48-10-2-3-24(16-48)17-49-22-39(59-38(49)57)20-46(21-39)15-23-8-11-47(12-9-23)26-4-5-27-28(13-26)37(56)51(36(27)55)29-6-7-31(52)44-35(29)54/h4-5,13,23-25,29-30,32,34,41-43H,2-3,6-12,14-22H2,1H3,(H2-,40,44,52,53,54)/p+1/t24-,25?,29+,30?,32?,34?/m1/s1. The second-order valence-corrected chi connectivity index (χ2v) is 17.9. The Bertz CT molecular complexity index is 1920. The van der Waals surface area contributed by atoms with Gasteiger partial charge in [-0.15, -0.1) is 5.01 Å². The number of amides is 6. The maximum absolute atomic E-state index is 13.3. The summed E-state index contributed by atoms with van der Waals surface area (Å²) in [5.41, 5.74) is 6.70. The van der Waals surface area contributed by atoms with Crippen molar-refractivity contribution in [3.05, 3.63) is 34.2 Å². The Kier molecular flexibility index (Phi) is 10.6. The van der Waals surface area contributed by atoms with Crippen molar-refractivity contribution in [2.45, 2.75) is 74.6 Å². The average Bonchev–Trinajstić information content (AvgIpc) is 3.79. The van der Waals surface area contributed by atoms with E-state index in [0.717, 1.165) is 73.9 Å². The third-order valence-corrected chi connectivity index (χ3v) is 13.7. The van der Waals surface area contributed by atoms with Crippen LogP contribution >= 0.6 is 0 Å². The normalized spacial score (nSPS) is 31.9. The molecule has 0 aromatic heterocycles. The predicted molar refractivity (Wildman–Crippen MR) is 209 cm³/mol. The molecule has 9 rings (SSSR count). The topological polar surface area (TPSA) is 225 Å². The van der Waals surface area contributed by atoms with E-state index in [9.17, 15) is 33.7 Å². The Morgan fingerprint density at radius 1 is 0.966 bits per heavy atom. The minimum atomic E-state index is -0.987. The number of piperidine rings is 3. The van der Waals surface area contributed by atoms with Gasteiger partial charge in [-0.25, -0.2) is 4.79 Å². The SMILES string of the molecule is CN1CC(NC2NC(N3CCC[C@@H](CN4CC5(CN(CC6CCN(c7ccc8c(c7)C(=O)N([C@H]7CCC(=O)NC7=O)C8=O)CC6)C5)OC4=O)C3)CNC2C(N)=O)C[N+]1=O. The monoisotopic (exact) mass is 819 g/mol. The fourth-order valence-electron chi connectivity index (χ4n) is 10.6. The number of hydrogen-bond donors (Lipinski definition) is 5. The number of nitrogens with one attached hydrogen (secondary N) is 4. The first-order valence-electron chi connectivity index (χ1n) is 21.1. The van der Waals surface area contributed by atoms with Crippen molar-refractivity contribution < 1.29 is 38.4 Å². The number of hydrazine groups is 1. The first kappa shape index (κ1) is 39.7. The maximum atomic E-state index is 13.3. The lowest BCUT2D eigenvalue weighted by Gasteiger charge is -2.48. The molecule has 8 heterocycles. The molecule has 6 amide bonds. The van der Waals surface area contributed by atoms with E-state index in [2.05, 4.69) is 36.0 Å². The number of carbonyl (C=O) groups is 6. The number of nitrogens with two attached hydrogens (primary N) is 1. The van der Waals surface area contributed by atoms with Gasteiger partial charge >= 0.3 is 6.09 Å². The Balaban J connectivity index is 0.725. The largest absolute Gasteiger partial charge is 0.438 e. The molecule has 4 unspecified atom stereocenters. The van der Waals surface area contributed by atoms with Crippen molar-refractivity contribution in [3.8, 4) is 0 Å². The van der Waals surface area contributed by atoms with Gasteiger partial charge in [-0.3, -0.25) is 54.6 Å². The van der Waals surface area contributed by atoms with Gasteiger partial charge < -0.3 is 25.6 Å². The van der Waals surface area contributed by atoms with Crippen LogP contribution in [0.2, 0.25) is 0 Å². The summed E-state index contributed by atoms with van der Waals surface area (Å²) < 4.78 is 6.04. The average molecular weight is 820 g/mol. The number of nitrogens with zero attached hydrogens (tertiary/aromatic N) is 7. The number of likely N-dealkylation sites (tertiary alicyclic amines) is 2. The summed E-state index contributed by atoms with van der Waals surface area (Å²) in [4.78, 5) is 98.9. The molecule has 318 valence electrons. The van der Waals surface area contributed by atoms with E-state index >= 15 is 0 Å². The van der Waals surface area contributed by atoms with E-state index in [-0.39, 0.29) is 42.6 Å². The Labute approximate surface area is 341 Å². The van der Waals surface area contributed by atoms with E-state index in [1.165, 1.54) is 0 Å². The number of benzene rings is 1. The summed E-state index contributed by atoms with van der Waals surface area (Å²) in [5, 5.41) is 14.2. The summed E-state index contributed by atoms with van der Waals surface area (Å²) >= 11 is 0. The molecule has 1 spiro atoms. The van der Waals surface area contributed by atoms with Gasteiger partial charge in [0.15, 0.2) is 5.60 Å². The van der Waals surface area contributed by atoms with Crippen molar-refractivity contribution in [2.75, 3.05) is 90.5 Å². The van der Waals surface area contributed by atoms with Crippen LogP contribution in [0.4, 0.5) is 10.5 Å². The van der Waals surface area contributed by atoms with Gasteiger partial charge in [0.1, 0.15) is 17.0 Å². The number of nitroso groups, excluding NO2 is 1. The van der Waals surface area contributed by atoms with E-state index in [4.69, 9.17) is 10.5 Å². The van der Waals surface area contributed by atoms with Crippen LogP contribution in [0.3, 0.4) is 0 Å². The van der Waals surface area contributed by atoms with Crippen LogP contribution in [0.5, 0.6) is 0 Å². The molecule has 8 aliphatic heterocycles. The van der Waals surface area contributed by atoms with Crippen molar-refractivity contribution in [2.24, 2.45) is 17.6 Å². The van der Waals surface area contributed by atoms with Crippen LogP contribution in [-0.2, 0) is 19.1 Å². The van der Waals surface area contributed by atoms with Gasteiger partial charge in [-0.1, -0.05) is 0 Å². The third-order valence-electron chi connectivity index (χ3n) is 13.7. The van der Waals surface area contributed by atoms with Crippen molar-refractivity contribution in [1.29, 1.82) is 0 Å². The molecule has 0 saturated carbocycles. The molecule has 7 fully saturated rings. The molecule has 8 aliphatic rings. The molecule has 6 atom stereocenters. The molecule has 7 saturated heterocycles. The van der Waals surface area contributed by atoms with E-state index in [1.807, 2.05) is 11.0 Å². The van der Waals surface area contributed by atoms with Gasteiger partial charge in [0.2, 0.25) is 24.3 Å². The van der Waals surface area contributed by atoms with Crippen LogP contribution < -0.4 is 31.9 Å². The highest BCUT2D eigenvalue weighted by molar-refractivity contribution is 6.23. The number of piperazine rings is 1. The smallest absolute Gasteiger partial charge is 0.410 e. The van der Waals surface area contributed by atoms with Crippen molar-refractivity contribution in [3.63, 3.8) is 0 Å². The molecule has 0 bridgehead atoms. The highest BCUT2D eigenvalue weighted by Gasteiger charge is 2.54. The molecular formula is C39H55N12O8+. The molecule has 1 aromatic rings. The van der Waals surface area contributed by atoms with Gasteiger partial charge in [-0.05, 0) is 68.7 Å². The summed E-state index contributed by atoms with van der Waals surface area (Å²) in [6.07, 6.45) is 3.42. The molecule has 59 heavy (non-hydrogen) atoms. The molecule has 20 nitrogen and oxygen atoms in total. The second-order valence-electron chi connectivity index (χ2n) is 17.9. The summed E-state index contributed by atoms with van der Waals surface area (Å²) in [5.74, 6) is -1.72. The van der Waals surface area contributed by atoms with Crippen LogP contribution in [0, 0.1) is 16.7 Å². The van der Waals surface area contributed by atoms with Gasteiger partial charge in [0, 0.05) is 64.5 Å². The second kappa shape index (κ2) is 15.7. The van der Waals surface area contributed by atoms with Crippen LogP contribution in [-0.4, -0.2) is 187 Å². The number of anilines is 1. The summed E-state index contributed by atoms with van der Waals surface area (Å²) in [7, 11) is 1.74. The quantitative estimate of drug-likeness (QED) is 0.125. The summed E-state index contributed by atoms with van der Waals surface area (Å²) in [6.45, 7) is 8.25. The molecule has 6 N–H and O–H groups in total. The lowest BCUT2D eigenvalue weighted by molar-refractivity contribution is -0.679. The van der Waals surface area contributed by atoms with E-state index < -0.39 is 53.4 Å². The first-order chi connectivity index (χ1) is 28.3. The Morgan fingerprint density at radius 3 is 2.47 bits per heavy atom. The first-order valence-corrected chi connectivity index (χ1v) is 21.1. The van der Waals surface area contributed by atoms with E-state index in [0.29, 0.717) is 57.3 Å². The minimum absolute atomic E-state index is 0.0431. The van der Waals surface area contributed by atoms with Crippen LogP contribution in [0.25, 0.3) is 0 Å². The highest BCUT2D eigenvalue weighted by Crippen LogP contribution is 2.36. The molecule has 0 aliphatic carbocycles. The zero-order chi connectivity index (χ0) is 41.2. The predicted octanol–water partition coefficient (Wildman–Crippen LogP) is -2.18. The fourth-order valence-corrected chi connectivity index (χ4v) is 10.6. The lowest BCUT2D eigenvalue weighted by Crippen LogP contribution is -2.74. The summed E-state index contributed by atoms with van der Waals surface area (Å²) in [6, 6.07) is 3.58. The number of ether oxygens (including phenoxy) is 1. The lowest BCUT2D eigenvalue weighted by atomic mass is 9.89. The van der Waals surface area contributed by atoms with Crippen molar-refractivity contribution in [1.82, 2.24) is 45.9 Å².